The fraction of sp³-hybridized carbons (Fsp3) is 0. The molecule has 0 N–H and O–H groups in total. The zero-order chi connectivity index (χ0) is 41.0. The number of para-hydroxylation sites is 2. The van der Waals surface area contributed by atoms with E-state index in [2.05, 4.69) is 205 Å². The summed E-state index contributed by atoms with van der Waals surface area (Å²) in [6.07, 6.45) is 0. The number of aromatic nitrogens is 2. The fourth-order valence-corrected chi connectivity index (χ4v) is 8.98. The summed E-state index contributed by atoms with van der Waals surface area (Å²) in [6, 6.07) is 79.2. The number of hydrogen-bond donors (Lipinski definition) is 0. The van der Waals surface area contributed by atoms with E-state index in [1.807, 2.05) is 24.3 Å². The molecular weight excluding hydrogens is 755 g/mol. The summed E-state index contributed by atoms with van der Waals surface area (Å²) < 4.78 is 6.16. The first-order chi connectivity index (χ1) is 30.7. The minimum Gasteiger partial charge on any atom is -0.456 e. The molecule has 2 heterocycles. The van der Waals surface area contributed by atoms with Gasteiger partial charge in [0.15, 0.2) is 0 Å². The van der Waals surface area contributed by atoms with E-state index in [4.69, 9.17) is 14.4 Å². The van der Waals surface area contributed by atoms with E-state index in [1.165, 1.54) is 22.1 Å². The van der Waals surface area contributed by atoms with Crippen LogP contribution >= 0.6 is 0 Å². The minimum atomic E-state index is 0.883. The Hall–Kier alpha value is -8.34. The van der Waals surface area contributed by atoms with Crippen LogP contribution < -0.4 is 4.90 Å². The smallest absolute Gasteiger partial charge is 0.135 e. The molecule has 0 spiro atoms. The molecule has 0 aliphatic heterocycles. The molecule has 4 heteroatoms. The number of benzene rings is 10. The van der Waals surface area contributed by atoms with Crippen LogP contribution in [0.2, 0.25) is 0 Å². The Morgan fingerprint density at radius 1 is 0.323 bits per heavy atom. The van der Waals surface area contributed by atoms with Crippen LogP contribution in [0, 0.1) is 0 Å². The fourth-order valence-electron chi connectivity index (χ4n) is 8.98. The predicted octanol–water partition coefficient (Wildman–Crippen LogP) is 16.0. The zero-order valence-electron chi connectivity index (χ0n) is 33.6. The van der Waals surface area contributed by atoms with Crippen molar-refractivity contribution in [3.8, 4) is 44.8 Å². The molecule has 62 heavy (non-hydrogen) atoms. The Labute approximate surface area is 358 Å². The summed E-state index contributed by atoms with van der Waals surface area (Å²) in [7, 11) is 0. The van der Waals surface area contributed by atoms with Crippen molar-refractivity contribution in [1.29, 1.82) is 0 Å². The average molecular weight is 792 g/mol. The average Bonchev–Trinajstić information content (AvgIpc) is 3.72. The van der Waals surface area contributed by atoms with Crippen LogP contribution in [0.15, 0.2) is 229 Å². The van der Waals surface area contributed by atoms with Crippen LogP contribution in [0.4, 0.5) is 17.1 Å². The van der Waals surface area contributed by atoms with E-state index >= 15 is 0 Å². The zero-order valence-corrected chi connectivity index (χ0v) is 33.6. The number of furan rings is 1. The van der Waals surface area contributed by atoms with Crippen LogP contribution in [0.3, 0.4) is 0 Å². The quantitative estimate of drug-likeness (QED) is 0.151. The van der Waals surface area contributed by atoms with Crippen molar-refractivity contribution < 1.29 is 4.42 Å². The lowest BCUT2D eigenvalue weighted by Crippen LogP contribution is -2.09. The predicted molar refractivity (Wildman–Crippen MR) is 258 cm³/mol. The van der Waals surface area contributed by atoms with Gasteiger partial charge < -0.3 is 9.32 Å². The van der Waals surface area contributed by atoms with Crippen LogP contribution in [-0.4, -0.2) is 9.97 Å². The Morgan fingerprint density at radius 3 is 1.58 bits per heavy atom. The van der Waals surface area contributed by atoms with Gasteiger partial charge in [-0.25, -0.2) is 9.97 Å². The molecule has 0 aliphatic rings. The van der Waals surface area contributed by atoms with E-state index in [1.54, 1.807) is 0 Å². The summed E-state index contributed by atoms with van der Waals surface area (Å²) in [5, 5.41) is 6.82. The molecule has 0 fully saturated rings. The third-order valence-electron chi connectivity index (χ3n) is 12.0. The number of nitrogens with zero attached hydrogens (tertiary/aromatic N) is 3. The van der Waals surface area contributed by atoms with Crippen molar-refractivity contribution in [2.24, 2.45) is 0 Å². The topological polar surface area (TPSA) is 42.2 Å². The number of anilines is 3. The summed E-state index contributed by atoms with van der Waals surface area (Å²) in [5.74, 6) is 0. The van der Waals surface area contributed by atoms with Crippen LogP contribution in [0.5, 0.6) is 0 Å². The van der Waals surface area contributed by atoms with Gasteiger partial charge in [-0.1, -0.05) is 164 Å². The van der Waals surface area contributed by atoms with Crippen molar-refractivity contribution in [2.45, 2.75) is 0 Å². The van der Waals surface area contributed by atoms with Gasteiger partial charge in [0.1, 0.15) is 11.2 Å². The Morgan fingerprint density at radius 2 is 0.855 bits per heavy atom. The molecule has 12 rings (SSSR count). The summed E-state index contributed by atoms with van der Waals surface area (Å²) in [5.41, 5.74) is 15.4. The molecular formula is C58H37N3O. The SMILES string of the molecule is c1ccc(-c2nc3ccc4ccc5cc(-c6ccc(-c7ccc(N(c8ccccc8)c8ccc9oc%10ccccc%10c9c8)cc7)cc6)ccc5c4c3nc2-c2ccccc2)cc1. The van der Waals surface area contributed by atoms with Crippen molar-refractivity contribution in [3.05, 3.63) is 224 Å². The maximum atomic E-state index is 6.16. The Bertz CT molecular complexity index is 3600. The highest BCUT2D eigenvalue weighted by Crippen LogP contribution is 2.41. The molecule has 290 valence electrons. The van der Waals surface area contributed by atoms with Gasteiger partial charge in [0.05, 0.1) is 22.4 Å². The first-order valence-corrected chi connectivity index (χ1v) is 21.0. The first-order valence-electron chi connectivity index (χ1n) is 21.0. The van der Waals surface area contributed by atoms with E-state index < -0.39 is 0 Å². The van der Waals surface area contributed by atoms with Crippen molar-refractivity contribution in [2.75, 3.05) is 4.90 Å². The molecule has 0 unspecified atom stereocenters. The van der Waals surface area contributed by atoms with Crippen molar-refractivity contribution in [1.82, 2.24) is 9.97 Å². The molecule has 12 aromatic rings. The number of rotatable bonds is 7. The third kappa shape index (κ3) is 6.16. The van der Waals surface area contributed by atoms with E-state index in [-0.39, 0.29) is 0 Å². The molecule has 0 atom stereocenters. The molecule has 0 aliphatic carbocycles. The maximum Gasteiger partial charge on any atom is 0.135 e. The van der Waals surface area contributed by atoms with Crippen molar-refractivity contribution in [3.63, 3.8) is 0 Å². The van der Waals surface area contributed by atoms with E-state index in [0.29, 0.717) is 0 Å². The second-order valence-corrected chi connectivity index (χ2v) is 15.8. The van der Waals surface area contributed by atoms with Gasteiger partial charge in [0.25, 0.3) is 0 Å². The largest absolute Gasteiger partial charge is 0.456 e. The van der Waals surface area contributed by atoms with Crippen molar-refractivity contribution >= 4 is 71.6 Å². The molecule has 2 aromatic heterocycles. The van der Waals surface area contributed by atoms with Gasteiger partial charge >= 0.3 is 0 Å². The van der Waals surface area contributed by atoms with Crippen LogP contribution in [-0.2, 0) is 0 Å². The van der Waals surface area contributed by atoms with E-state index in [9.17, 15) is 0 Å². The molecule has 0 amide bonds. The highest BCUT2D eigenvalue weighted by atomic mass is 16.3. The van der Waals surface area contributed by atoms with Gasteiger partial charge in [0, 0.05) is 44.3 Å². The Kier molecular flexibility index (Phi) is 8.46. The Balaban J connectivity index is 0.877. The summed E-state index contributed by atoms with van der Waals surface area (Å²) in [6.45, 7) is 0. The molecule has 10 aromatic carbocycles. The number of fused-ring (bicyclic) bond motifs is 8. The van der Waals surface area contributed by atoms with Crippen LogP contribution in [0.1, 0.15) is 0 Å². The van der Waals surface area contributed by atoms with Gasteiger partial charge in [-0.2, -0.15) is 0 Å². The first kappa shape index (κ1) is 35.6. The highest BCUT2D eigenvalue weighted by molar-refractivity contribution is 6.19. The molecule has 0 saturated heterocycles. The maximum absolute atomic E-state index is 6.16. The molecule has 0 saturated carbocycles. The molecule has 4 nitrogen and oxygen atoms in total. The van der Waals surface area contributed by atoms with Gasteiger partial charge in [0.2, 0.25) is 0 Å². The lowest BCUT2D eigenvalue weighted by atomic mass is 9.95. The summed E-state index contributed by atoms with van der Waals surface area (Å²) in [4.78, 5) is 13.0. The molecule has 0 bridgehead atoms. The van der Waals surface area contributed by atoms with Gasteiger partial charge in [-0.15, -0.1) is 0 Å². The second kappa shape index (κ2) is 14.7. The number of hydrogen-bond acceptors (Lipinski definition) is 4. The second-order valence-electron chi connectivity index (χ2n) is 15.8. The highest BCUT2D eigenvalue weighted by Gasteiger charge is 2.18. The molecule has 0 radical (unpaired) electrons. The van der Waals surface area contributed by atoms with E-state index in [0.717, 1.165) is 94.3 Å². The third-order valence-corrected chi connectivity index (χ3v) is 12.0. The lowest BCUT2D eigenvalue weighted by molar-refractivity contribution is 0.669. The standard InChI is InChI=1S/C58H37N3O/c1-4-12-42(13-5-1)56-57(43-14-6-2-7-15-43)60-58-52(59-56)34-29-41-24-25-45-36-44(28-33-49(45)55(41)58)40-22-20-38(21-23-40)39-26-30-47(31-27-39)61(46-16-8-3-9-17-46)48-32-35-54-51(37-48)50-18-10-11-19-53(50)62-54/h1-37H. The summed E-state index contributed by atoms with van der Waals surface area (Å²) >= 11 is 0. The van der Waals surface area contributed by atoms with Gasteiger partial charge in [-0.3, -0.25) is 0 Å². The minimum absolute atomic E-state index is 0.883. The monoisotopic (exact) mass is 791 g/mol. The lowest BCUT2D eigenvalue weighted by Gasteiger charge is -2.25. The van der Waals surface area contributed by atoms with Crippen LogP contribution in [0.25, 0.3) is 99.3 Å². The van der Waals surface area contributed by atoms with Gasteiger partial charge in [-0.05, 0) is 99.1 Å². The normalized spacial score (nSPS) is 11.5.